The average Bonchev–Trinajstić information content (AvgIpc) is 3.62. The van der Waals surface area contributed by atoms with E-state index in [-0.39, 0.29) is 5.91 Å². The molecule has 0 unspecified atom stereocenters. The van der Waals surface area contributed by atoms with Crippen molar-refractivity contribution >= 4 is 50.9 Å². The Kier molecular flexibility index (Phi) is 8.61. The molecule has 210 valence electrons. The summed E-state index contributed by atoms with van der Waals surface area (Å²) in [6.45, 7) is 0. The molecule has 0 spiro atoms. The lowest BCUT2D eigenvalue weighted by atomic mass is 10.1. The third-order valence-electron chi connectivity index (χ3n) is 6.07. The number of pyridine rings is 1. The van der Waals surface area contributed by atoms with Gasteiger partial charge in [0.05, 0.1) is 27.0 Å². The second-order valence-electron chi connectivity index (χ2n) is 8.80. The Balaban J connectivity index is 1.29. The van der Waals surface area contributed by atoms with Crippen LogP contribution in [0.25, 0.3) is 21.1 Å². The number of carbonyl (C=O) groups is 1. The van der Waals surface area contributed by atoms with Crippen LogP contribution in [0, 0.1) is 0 Å². The van der Waals surface area contributed by atoms with Crippen LogP contribution in [0.4, 0.5) is 22.3 Å². The first-order valence-electron chi connectivity index (χ1n) is 12.6. The van der Waals surface area contributed by atoms with Gasteiger partial charge in [-0.15, -0.1) is 11.3 Å². The molecule has 10 nitrogen and oxygen atoms in total. The van der Waals surface area contributed by atoms with E-state index in [2.05, 4.69) is 20.6 Å². The van der Waals surface area contributed by atoms with Gasteiger partial charge < -0.3 is 30.6 Å². The molecule has 5 rings (SSSR count). The number of aryl methyl sites for hydroxylation is 1. The van der Waals surface area contributed by atoms with Crippen molar-refractivity contribution in [3.05, 3.63) is 71.9 Å². The van der Waals surface area contributed by atoms with Crippen molar-refractivity contribution < 1.29 is 19.0 Å². The van der Waals surface area contributed by atoms with E-state index in [1.807, 2.05) is 41.8 Å². The summed E-state index contributed by atoms with van der Waals surface area (Å²) in [7, 11) is 4.68. The summed E-state index contributed by atoms with van der Waals surface area (Å²) < 4.78 is 16.3. The summed E-state index contributed by atoms with van der Waals surface area (Å²) in [6, 6.07) is 15.0. The average molecular weight is 589 g/mol. The Labute approximate surface area is 245 Å². The fourth-order valence-corrected chi connectivity index (χ4v) is 5.94. The van der Waals surface area contributed by atoms with E-state index in [4.69, 9.17) is 24.9 Å². The SMILES string of the molecule is COc1cc(Nc2nc(N)c(-c3nc(-c4cccc(NC(=O)CCc5cccnc5)c4)cs3)s2)cc(OC)c1OC. The molecule has 2 aromatic carbocycles. The number of rotatable bonds is 11. The zero-order chi connectivity index (χ0) is 28.8. The first-order chi connectivity index (χ1) is 20.0. The number of nitrogens with one attached hydrogen (secondary N) is 2. The maximum atomic E-state index is 12.5. The number of nitrogen functional groups attached to an aromatic ring is 1. The van der Waals surface area contributed by atoms with Gasteiger partial charge in [0.15, 0.2) is 16.6 Å². The quantitative estimate of drug-likeness (QED) is 0.164. The fourth-order valence-electron chi connectivity index (χ4n) is 4.11. The van der Waals surface area contributed by atoms with Crippen molar-refractivity contribution in [1.82, 2.24) is 15.0 Å². The Hall–Kier alpha value is -4.68. The number of aromatic nitrogens is 3. The molecule has 0 fully saturated rings. The number of nitrogens with two attached hydrogens (primary N) is 1. The van der Waals surface area contributed by atoms with Crippen LogP contribution in [0.3, 0.4) is 0 Å². The van der Waals surface area contributed by atoms with Gasteiger partial charge in [0.25, 0.3) is 0 Å². The molecule has 41 heavy (non-hydrogen) atoms. The third-order valence-corrected chi connectivity index (χ3v) is 8.06. The molecule has 1 amide bonds. The number of thiazole rings is 2. The minimum Gasteiger partial charge on any atom is -0.493 e. The molecule has 3 heterocycles. The van der Waals surface area contributed by atoms with Crippen LogP contribution in [-0.4, -0.2) is 42.2 Å². The lowest BCUT2D eigenvalue weighted by Gasteiger charge is -2.14. The summed E-state index contributed by atoms with van der Waals surface area (Å²) in [5.74, 6) is 1.87. The van der Waals surface area contributed by atoms with Crippen LogP contribution < -0.4 is 30.6 Å². The Bertz CT molecular complexity index is 1630. The van der Waals surface area contributed by atoms with Gasteiger partial charge in [-0.25, -0.2) is 9.97 Å². The number of benzene rings is 2. The largest absolute Gasteiger partial charge is 0.493 e. The number of anilines is 4. The number of methoxy groups -OCH3 is 3. The van der Waals surface area contributed by atoms with Crippen LogP contribution in [-0.2, 0) is 11.2 Å². The smallest absolute Gasteiger partial charge is 0.224 e. The lowest BCUT2D eigenvalue weighted by molar-refractivity contribution is -0.116. The summed E-state index contributed by atoms with van der Waals surface area (Å²) in [5.41, 5.74) is 10.4. The number of carbonyl (C=O) groups excluding carboxylic acids is 1. The first-order valence-corrected chi connectivity index (χ1v) is 14.3. The minimum absolute atomic E-state index is 0.0606. The molecule has 0 aliphatic carbocycles. The molecule has 0 saturated carbocycles. The van der Waals surface area contributed by atoms with E-state index in [0.717, 1.165) is 26.7 Å². The summed E-state index contributed by atoms with van der Waals surface area (Å²) in [6.07, 6.45) is 4.49. The number of hydrogen-bond donors (Lipinski definition) is 3. The van der Waals surface area contributed by atoms with Gasteiger partial charge in [0, 0.05) is 53.3 Å². The molecule has 0 bridgehead atoms. The van der Waals surface area contributed by atoms with Gasteiger partial charge in [-0.3, -0.25) is 9.78 Å². The predicted octanol–water partition coefficient (Wildman–Crippen LogP) is 6.25. The Morgan fingerprint density at radius 3 is 2.49 bits per heavy atom. The van der Waals surface area contributed by atoms with E-state index >= 15 is 0 Å². The van der Waals surface area contributed by atoms with E-state index < -0.39 is 0 Å². The minimum atomic E-state index is -0.0606. The number of amides is 1. The van der Waals surface area contributed by atoms with Crippen LogP contribution in [0.2, 0.25) is 0 Å². The molecule has 3 aromatic heterocycles. The highest BCUT2D eigenvalue weighted by atomic mass is 32.1. The van der Waals surface area contributed by atoms with E-state index in [9.17, 15) is 4.79 Å². The molecule has 0 aliphatic heterocycles. The van der Waals surface area contributed by atoms with Gasteiger partial charge >= 0.3 is 0 Å². The van der Waals surface area contributed by atoms with Gasteiger partial charge in [-0.05, 0) is 30.2 Å². The Morgan fingerprint density at radius 2 is 1.78 bits per heavy atom. The summed E-state index contributed by atoms with van der Waals surface area (Å²) in [5, 5.41) is 9.55. The fraction of sp³-hybridized carbons (Fsp3) is 0.172. The molecule has 0 radical (unpaired) electrons. The summed E-state index contributed by atoms with van der Waals surface area (Å²) >= 11 is 2.87. The Morgan fingerprint density at radius 1 is 0.976 bits per heavy atom. The van der Waals surface area contributed by atoms with Crippen molar-refractivity contribution in [2.75, 3.05) is 37.7 Å². The van der Waals surface area contributed by atoms with Crippen molar-refractivity contribution in [2.45, 2.75) is 12.8 Å². The monoisotopic (exact) mass is 588 g/mol. The second kappa shape index (κ2) is 12.7. The molecule has 4 N–H and O–H groups in total. The molecular weight excluding hydrogens is 560 g/mol. The van der Waals surface area contributed by atoms with Crippen molar-refractivity contribution in [1.29, 1.82) is 0 Å². The molecule has 12 heteroatoms. The normalized spacial score (nSPS) is 10.7. The maximum Gasteiger partial charge on any atom is 0.224 e. The van der Waals surface area contributed by atoms with Crippen LogP contribution in [0.15, 0.2) is 66.3 Å². The van der Waals surface area contributed by atoms with Gasteiger partial charge in [-0.2, -0.15) is 0 Å². The summed E-state index contributed by atoms with van der Waals surface area (Å²) in [4.78, 5) is 26.7. The maximum absolute atomic E-state index is 12.5. The zero-order valence-corrected chi connectivity index (χ0v) is 24.3. The zero-order valence-electron chi connectivity index (χ0n) is 22.6. The standard InChI is InChI=1S/C29H28N6O4S2/c1-37-22-13-20(14-23(38-2)25(22)39-3)33-29-35-27(30)26(41-29)28-34-21(16-40-28)18-7-4-8-19(12-18)32-24(36)10-9-17-6-5-11-31-15-17/h4-8,11-16H,9-10,30H2,1-3H3,(H,32,36)(H,33,35). The van der Waals surface area contributed by atoms with E-state index in [1.165, 1.54) is 22.7 Å². The van der Waals surface area contributed by atoms with Crippen molar-refractivity contribution in [3.8, 4) is 38.4 Å². The van der Waals surface area contributed by atoms with Crippen LogP contribution in [0.5, 0.6) is 17.2 Å². The van der Waals surface area contributed by atoms with Gasteiger partial charge in [0.2, 0.25) is 11.7 Å². The number of nitrogens with zero attached hydrogens (tertiary/aromatic N) is 3. The van der Waals surface area contributed by atoms with Gasteiger partial charge in [-0.1, -0.05) is 29.5 Å². The molecule has 0 aliphatic rings. The predicted molar refractivity (Wildman–Crippen MR) is 164 cm³/mol. The van der Waals surface area contributed by atoms with Crippen LogP contribution in [0.1, 0.15) is 12.0 Å². The molecular formula is C29H28N6O4S2. The number of hydrogen-bond acceptors (Lipinski definition) is 11. The first kappa shape index (κ1) is 27.9. The third kappa shape index (κ3) is 6.56. The highest BCUT2D eigenvalue weighted by molar-refractivity contribution is 7.23. The van der Waals surface area contributed by atoms with Crippen LogP contribution >= 0.6 is 22.7 Å². The highest BCUT2D eigenvalue weighted by Crippen LogP contribution is 2.43. The van der Waals surface area contributed by atoms with Gasteiger partial charge in [0.1, 0.15) is 15.7 Å². The highest BCUT2D eigenvalue weighted by Gasteiger charge is 2.18. The number of ether oxygens (including phenoxy) is 3. The molecule has 0 atom stereocenters. The van der Waals surface area contributed by atoms with E-state index in [0.29, 0.717) is 52.4 Å². The van der Waals surface area contributed by atoms with Crippen molar-refractivity contribution in [2.24, 2.45) is 0 Å². The lowest BCUT2D eigenvalue weighted by Crippen LogP contribution is -2.12. The van der Waals surface area contributed by atoms with E-state index in [1.54, 1.807) is 45.9 Å². The van der Waals surface area contributed by atoms with Crippen molar-refractivity contribution in [3.63, 3.8) is 0 Å². The molecule has 5 aromatic rings. The second-order valence-corrected chi connectivity index (χ2v) is 10.7. The topological polar surface area (TPSA) is 134 Å². The molecule has 0 saturated heterocycles.